The molecule has 78 valence electrons. The first-order valence-electron chi connectivity index (χ1n) is 3.80. The van der Waals surface area contributed by atoms with E-state index in [0.29, 0.717) is 0 Å². The van der Waals surface area contributed by atoms with Gasteiger partial charge in [0, 0.05) is 28.7 Å². The first-order chi connectivity index (χ1) is 6.39. The van der Waals surface area contributed by atoms with Crippen LogP contribution in [0.3, 0.4) is 0 Å². The Bertz CT molecular complexity index is 404. The Balaban J connectivity index is 2.75. The molecule has 0 fully saturated rings. The van der Waals surface area contributed by atoms with Gasteiger partial charge in [0.15, 0.2) is 0 Å². The van der Waals surface area contributed by atoms with Gasteiger partial charge in [-0.3, -0.25) is 0 Å². The van der Waals surface area contributed by atoms with Crippen molar-refractivity contribution < 1.29 is 8.42 Å². The fraction of sp³-hybridized carbons (Fsp3) is 0.250. The van der Waals surface area contributed by atoms with Crippen LogP contribution in [-0.4, -0.2) is 19.8 Å². The van der Waals surface area contributed by atoms with E-state index in [4.69, 9.17) is 10.7 Å². The lowest BCUT2D eigenvalue weighted by atomic mass is 10.2. The number of rotatable bonds is 3. The molecule has 0 heterocycles. The summed E-state index contributed by atoms with van der Waals surface area (Å²) in [5.74, 6) is 0. The topological polar surface area (TPSA) is 37.4 Å². The van der Waals surface area contributed by atoms with Crippen molar-refractivity contribution in [3.05, 3.63) is 34.3 Å². The van der Waals surface area contributed by atoms with Gasteiger partial charge in [-0.25, -0.2) is 0 Å². The highest BCUT2D eigenvalue weighted by atomic mass is 79.9. The molecule has 0 amide bonds. The van der Waals surface area contributed by atoms with Crippen LogP contribution in [0.4, 0.5) is 0 Å². The van der Waals surface area contributed by atoms with E-state index < -0.39 is 9.24 Å². The predicted octanol–water partition coefficient (Wildman–Crippen LogP) is 2.36. The summed E-state index contributed by atoms with van der Waals surface area (Å²) in [6.45, 7) is 0.277. The summed E-state index contributed by atoms with van der Waals surface area (Å²) in [4.78, 5) is 0. The molecule has 0 aliphatic carbocycles. The maximum absolute atomic E-state index is 10.9. The summed E-state index contributed by atoms with van der Waals surface area (Å²) in [6, 6.07) is 7.37. The van der Waals surface area contributed by atoms with Gasteiger partial charge in [-0.1, -0.05) is 28.1 Å². The van der Waals surface area contributed by atoms with Crippen molar-refractivity contribution in [1.29, 1.82) is 0 Å². The van der Waals surface area contributed by atoms with Crippen molar-refractivity contribution in [3.63, 3.8) is 0 Å². The zero-order valence-corrected chi connectivity index (χ0v) is 10.6. The molecule has 1 rings (SSSR count). The summed E-state index contributed by atoms with van der Waals surface area (Å²) < 4.78 is 23.8. The number of halogens is 2. The molecule has 0 radical (unpaired) electrons. The van der Waals surface area contributed by atoms with Crippen LogP contribution in [0.25, 0.3) is 0 Å². The monoisotopic (exact) mass is 297 g/mol. The molecule has 0 N–H and O–H groups in total. The van der Waals surface area contributed by atoms with Crippen LogP contribution in [-0.2, 0) is 15.8 Å². The van der Waals surface area contributed by atoms with E-state index in [9.17, 15) is 8.42 Å². The molecule has 0 aromatic heterocycles. The first kappa shape index (κ1) is 12.0. The lowest BCUT2D eigenvalue weighted by molar-refractivity contribution is 0.480. The molecular formula is C8H9BrClNO2S. The van der Waals surface area contributed by atoms with E-state index in [0.717, 1.165) is 14.3 Å². The zero-order chi connectivity index (χ0) is 10.8. The molecule has 1 aromatic carbocycles. The van der Waals surface area contributed by atoms with E-state index in [1.807, 2.05) is 24.3 Å². The van der Waals surface area contributed by atoms with Crippen LogP contribution >= 0.6 is 26.6 Å². The minimum Gasteiger partial charge on any atom is -0.195 e. The maximum Gasteiger partial charge on any atom is 0.299 e. The standard InChI is InChI=1S/C8H9BrClNO2S/c1-11(14(10,12)13)6-7-2-4-8(9)5-3-7/h2-5H,6H2,1H3. The van der Waals surface area contributed by atoms with Crippen molar-refractivity contribution in [1.82, 2.24) is 4.31 Å². The van der Waals surface area contributed by atoms with Gasteiger partial charge >= 0.3 is 0 Å². The van der Waals surface area contributed by atoms with Crippen LogP contribution in [0.2, 0.25) is 0 Å². The zero-order valence-electron chi connectivity index (χ0n) is 7.44. The molecule has 0 bridgehead atoms. The minimum absolute atomic E-state index is 0.277. The summed E-state index contributed by atoms with van der Waals surface area (Å²) in [7, 11) is 2.97. The van der Waals surface area contributed by atoms with Gasteiger partial charge in [-0.2, -0.15) is 12.7 Å². The summed E-state index contributed by atoms with van der Waals surface area (Å²) in [6.07, 6.45) is 0. The minimum atomic E-state index is -3.62. The normalized spacial score (nSPS) is 12.0. The van der Waals surface area contributed by atoms with Crippen LogP contribution in [0, 0.1) is 0 Å². The molecule has 1 aromatic rings. The molecule has 0 aliphatic heterocycles. The van der Waals surface area contributed by atoms with Crippen molar-refractivity contribution in [3.8, 4) is 0 Å². The first-order valence-corrected chi connectivity index (χ1v) is 6.86. The third-order valence-corrected chi connectivity index (χ3v) is 3.80. The van der Waals surface area contributed by atoms with Crippen molar-refractivity contribution in [2.24, 2.45) is 0 Å². The molecule has 6 heteroatoms. The SMILES string of the molecule is CN(Cc1ccc(Br)cc1)S(=O)(=O)Cl. The fourth-order valence-electron chi connectivity index (χ4n) is 0.924. The largest absolute Gasteiger partial charge is 0.299 e. The highest BCUT2D eigenvalue weighted by Crippen LogP contribution is 2.14. The molecule has 0 atom stereocenters. The third kappa shape index (κ3) is 3.57. The summed E-state index contributed by atoms with van der Waals surface area (Å²) >= 11 is 3.29. The molecule has 0 saturated carbocycles. The van der Waals surface area contributed by atoms with Gasteiger partial charge in [-0.15, -0.1) is 0 Å². The molecule has 3 nitrogen and oxygen atoms in total. The van der Waals surface area contributed by atoms with E-state index >= 15 is 0 Å². The molecule has 0 aliphatic rings. The van der Waals surface area contributed by atoms with E-state index in [1.165, 1.54) is 7.05 Å². The van der Waals surface area contributed by atoms with Gasteiger partial charge < -0.3 is 0 Å². The van der Waals surface area contributed by atoms with Crippen LogP contribution in [0.15, 0.2) is 28.7 Å². The van der Waals surface area contributed by atoms with Crippen molar-refractivity contribution >= 4 is 35.8 Å². The number of benzene rings is 1. The highest BCUT2D eigenvalue weighted by Gasteiger charge is 2.13. The lowest BCUT2D eigenvalue weighted by Crippen LogP contribution is -2.21. The van der Waals surface area contributed by atoms with Gasteiger partial charge in [-0.05, 0) is 17.7 Å². The quantitative estimate of drug-likeness (QED) is 0.803. The van der Waals surface area contributed by atoms with E-state index in [-0.39, 0.29) is 6.54 Å². The van der Waals surface area contributed by atoms with Gasteiger partial charge in [0.05, 0.1) is 0 Å². The van der Waals surface area contributed by atoms with Crippen LogP contribution in [0.5, 0.6) is 0 Å². The highest BCUT2D eigenvalue weighted by molar-refractivity contribution is 9.10. The van der Waals surface area contributed by atoms with Crippen LogP contribution < -0.4 is 0 Å². The molecular weight excluding hydrogens is 290 g/mol. The Labute approximate surface area is 96.4 Å². The average Bonchev–Trinajstić information content (AvgIpc) is 2.07. The second-order valence-electron chi connectivity index (χ2n) is 2.82. The van der Waals surface area contributed by atoms with Crippen LogP contribution in [0.1, 0.15) is 5.56 Å². The summed E-state index contributed by atoms with van der Waals surface area (Å²) in [5.41, 5.74) is 0.889. The molecule has 0 unspecified atom stereocenters. The van der Waals surface area contributed by atoms with Crippen molar-refractivity contribution in [2.75, 3.05) is 7.05 Å². The van der Waals surface area contributed by atoms with Gasteiger partial charge in [0.1, 0.15) is 0 Å². The van der Waals surface area contributed by atoms with Gasteiger partial charge in [0.25, 0.3) is 9.24 Å². The van der Waals surface area contributed by atoms with E-state index in [1.54, 1.807) is 0 Å². The summed E-state index contributed by atoms with van der Waals surface area (Å²) in [5, 5.41) is 0. The molecule has 14 heavy (non-hydrogen) atoms. The Morgan fingerprint density at radius 3 is 2.29 bits per heavy atom. The van der Waals surface area contributed by atoms with E-state index in [2.05, 4.69) is 15.9 Å². The Kier molecular flexibility index (Phi) is 3.94. The predicted molar refractivity (Wildman–Crippen MR) is 60.4 cm³/mol. The number of hydrogen-bond acceptors (Lipinski definition) is 2. The Morgan fingerprint density at radius 1 is 1.36 bits per heavy atom. The number of hydrogen-bond donors (Lipinski definition) is 0. The fourth-order valence-corrected chi connectivity index (χ4v) is 1.64. The Morgan fingerprint density at radius 2 is 1.86 bits per heavy atom. The van der Waals surface area contributed by atoms with Gasteiger partial charge in [0.2, 0.25) is 0 Å². The smallest absolute Gasteiger partial charge is 0.195 e. The second-order valence-corrected chi connectivity index (χ2v) is 6.36. The average molecular weight is 299 g/mol. The number of nitrogens with zero attached hydrogens (tertiary/aromatic N) is 1. The van der Waals surface area contributed by atoms with Crippen molar-refractivity contribution in [2.45, 2.75) is 6.54 Å². The lowest BCUT2D eigenvalue weighted by Gasteiger charge is -2.11. The molecule has 0 saturated heterocycles. The molecule has 0 spiro atoms. The maximum atomic E-state index is 10.9. The second kappa shape index (κ2) is 4.61. The third-order valence-electron chi connectivity index (χ3n) is 1.69. The Hall–Kier alpha value is -0.100.